The van der Waals surface area contributed by atoms with Crippen LogP contribution in [-0.2, 0) is 0 Å². The first-order valence-electron chi connectivity index (χ1n) is 8.35. The van der Waals surface area contributed by atoms with Crippen LogP contribution in [0.3, 0.4) is 0 Å². The molecule has 2 atom stereocenters. The molecule has 2 nitrogen and oxygen atoms in total. The molecule has 3 fully saturated rings. The van der Waals surface area contributed by atoms with E-state index in [1.807, 2.05) is 0 Å². The van der Waals surface area contributed by atoms with Crippen LogP contribution in [0, 0.1) is 5.92 Å². The Labute approximate surface area is 113 Å². The van der Waals surface area contributed by atoms with Crippen molar-refractivity contribution in [3.05, 3.63) is 0 Å². The van der Waals surface area contributed by atoms with Crippen molar-refractivity contribution in [1.82, 2.24) is 9.80 Å². The van der Waals surface area contributed by atoms with E-state index in [1.54, 1.807) is 0 Å². The van der Waals surface area contributed by atoms with Gasteiger partial charge < -0.3 is 0 Å². The molecule has 18 heavy (non-hydrogen) atoms. The molecule has 0 N–H and O–H groups in total. The van der Waals surface area contributed by atoms with Crippen molar-refractivity contribution in [2.45, 2.75) is 70.4 Å². The normalized spacial score (nSPS) is 34.5. The van der Waals surface area contributed by atoms with E-state index in [0.717, 1.165) is 18.0 Å². The van der Waals surface area contributed by atoms with Gasteiger partial charge in [0, 0.05) is 25.2 Å². The number of piperidine rings is 1. The van der Waals surface area contributed by atoms with E-state index in [9.17, 15) is 0 Å². The van der Waals surface area contributed by atoms with Crippen LogP contribution >= 0.6 is 0 Å². The molecule has 2 heterocycles. The van der Waals surface area contributed by atoms with Crippen LogP contribution < -0.4 is 0 Å². The van der Waals surface area contributed by atoms with Gasteiger partial charge in [-0.3, -0.25) is 9.80 Å². The maximum Gasteiger partial charge on any atom is 0.0223 e. The Morgan fingerprint density at radius 3 is 2.72 bits per heavy atom. The minimum Gasteiger partial charge on any atom is -0.298 e. The zero-order valence-corrected chi connectivity index (χ0v) is 12.1. The van der Waals surface area contributed by atoms with Crippen LogP contribution in [0.25, 0.3) is 0 Å². The maximum atomic E-state index is 2.83. The number of rotatable bonds is 5. The first-order valence-corrected chi connectivity index (χ1v) is 8.35. The predicted molar refractivity (Wildman–Crippen MR) is 76.8 cm³/mol. The predicted octanol–water partition coefficient (Wildman–Crippen LogP) is 3.13. The van der Waals surface area contributed by atoms with Crippen molar-refractivity contribution >= 4 is 0 Å². The fraction of sp³-hybridized carbons (Fsp3) is 1.00. The van der Waals surface area contributed by atoms with E-state index in [-0.39, 0.29) is 0 Å². The molecule has 0 amide bonds. The topological polar surface area (TPSA) is 6.48 Å². The summed E-state index contributed by atoms with van der Waals surface area (Å²) >= 11 is 0. The van der Waals surface area contributed by atoms with E-state index < -0.39 is 0 Å². The Morgan fingerprint density at radius 2 is 1.94 bits per heavy atom. The lowest BCUT2D eigenvalue weighted by atomic mass is 9.95. The van der Waals surface area contributed by atoms with Gasteiger partial charge in [-0.05, 0) is 51.1 Å². The summed E-state index contributed by atoms with van der Waals surface area (Å²) in [6.45, 7) is 7.84. The number of nitrogens with zero attached hydrogens (tertiary/aromatic N) is 2. The molecular weight excluding hydrogens is 220 g/mol. The average Bonchev–Trinajstić information content (AvgIpc) is 3.22. The monoisotopic (exact) mass is 250 g/mol. The molecule has 1 aliphatic carbocycles. The van der Waals surface area contributed by atoms with Crippen molar-refractivity contribution < 1.29 is 0 Å². The minimum absolute atomic E-state index is 0.846. The molecule has 1 saturated carbocycles. The molecule has 2 saturated heterocycles. The third-order valence-electron chi connectivity index (χ3n) is 5.38. The molecule has 0 spiro atoms. The first kappa shape index (κ1) is 12.9. The summed E-state index contributed by atoms with van der Waals surface area (Å²) in [4.78, 5) is 5.62. The fourth-order valence-corrected chi connectivity index (χ4v) is 3.96. The second kappa shape index (κ2) is 5.92. The second-order valence-corrected chi connectivity index (χ2v) is 6.79. The highest BCUT2D eigenvalue weighted by Gasteiger charge is 2.33. The van der Waals surface area contributed by atoms with Crippen LogP contribution in [0.15, 0.2) is 0 Å². The summed E-state index contributed by atoms with van der Waals surface area (Å²) in [6.07, 6.45) is 11.7. The van der Waals surface area contributed by atoms with Crippen LogP contribution in [-0.4, -0.2) is 48.1 Å². The van der Waals surface area contributed by atoms with Gasteiger partial charge in [0.2, 0.25) is 0 Å². The second-order valence-electron chi connectivity index (χ2n) is 6.79. The molecule has 0 aromatic rings. The zero-order chi connectivity index (χ0) is 12.4. The SMILES string of the molecule is CCC1CN2CCCCC2CN1CCCC1CC1. The smallest absolute Gasteiger partial charge is 0.0223 e. The summed E-state index contributed by atoms with van der Waals surface area (Å²) < 4.78 is 0. The van der Waals surface area contributed by atoms with Gasteiger partial charge in [0.25, 0.3) is 0 Å². The Bertz CT molecular complexity index is 262. The molecule has 3 aliphatic rings. The van der Waals surface area contributed by atoms with Crippen molar-refractivity contribution in [3.8, 4) is 0 Å². The molecule has 0 radical (unpaired) electrons. The molecule has 104 valence electrons. The highest BCUT2D eigenvalue weighted by Crippen LogP contribution is 2.34. The van der Waals surface area contributed by atoms with Gasteiger partial charge in [-0.15, -0.1) is 0 Å². The van der Waals surface area contributed by atoms with Gasteiger partial charge >= 0.3 is 0 Å². The van der Waals surface area contributed by atoms with Crippen molar-refractivity contribution in [1.29, 1.82) is 0 Å². The van der Waals surface area contributed by atoms with E-state index in [4.69, 9.17) is 0 Å². The van der Waals surface area contributed by atoms with Gasteiger partial charge in [0.15, 0.2) is 0 Å². The van der Waals surface area contributed by atoms with Crippen molar-refractivity contribution in [2.24, 2.45) is 5.92 Å². The summed E-state index contributed by atoms with van der Waals surface area (Å²) in [5, 5.41) is 0. The number of hydrogen-bond acceptors (Lipinski definition) is 2. The summed E-state index contributed by atoms with van der Waals surface area (Å²) in [5.41, 5.74) is 0. The Balaban J connectivity index is 1.50. The van der Waals surface area contributed by atoms with Crippen LogP contribution in [0.5, 0.6) is 0 Å². The van der Waals surface area contributed by atoms with E-state index in [1.165, 1.54) is 77.5 Å². The van der Waals surface area contributed by atoms with Gasteiger partial charge in [-0.2, -0.15) is 0 Å². The molecule has 2 heteroatoms. The maximum absolute atomic E-state index is 2.83. The Kier molecular flexibility index (Phi) is 4.25. The molecule has 3 rings (SSSR count). The molecular formula is C16H30N2. The van der Waals surface area contributed by atoms with E-state index in [0.29, 0.717) is 0 Å². The highest BCUT2D eigenvalue weighted by molar-refractivity contribution is 4.90. The lowest BCUT2D eigenvalue weighted by molar-refractivity contribution is 0.00678. The van der Waals surface area contributed by atoms with Gasteiger partial charge in [-0.1, -0.05) is 26.2 Å². The number of fused-ring (bicyclic) bond motifs is 1. The molecule has 2 aliphatic heterocycles. The quantitative estimate of drug-likeness (QED) is 0.739. The largest absolute Gasteiger partial charge is 0.298 e. The van der Waals surface area contributed by atoms with Gasteiger partial charge in [0.1, 0.15) is 0 Å². The third kappa shape index (κ3) is 3.08. The first-order chi connectivity index (χ1) is 8.86. The van der Waals surface area contributed by atoms with Crippen LogP contribution in [0.4, 0.5) is 0 Å². The molecule has 2 unspecified atom stereocenters. The van der Waals surface area contributed by atoms with Gasteiger partial charge in [0.05, 0.1) is 0 Å². The molecule has 0 aromatic heterocycles. The van der Waals surface area contributed by atoms with Crippen molar-refractivity contribution in [2.75, 3.05) is 26.2 Å². The standard InChI is InChI=1S/C16H30N2/c1-2-15-12-18-10-4-3-7-16(18)13-17(15)11-5-6-14-8-9-14/h14-16H,2-13H2,1H3. The summed E-state index contributed by atoms with van der Waals surface area (Å²) in [7, 11) is 0. The van der Waals surface area contributed by atoms with Crippen LogP contribution in [0.1, 0.15) is 58.3 Å². The highest BCUT2D eigenvalue weighted by atomic mass is 15.3. The lowest BCUT2D eigenvalue weighted by Crippen LogP contribution is -2.59. The lowest BCUT2D eigenvalue weighted by Gasteiger charge is -2.48. The van der Waals surface area contributed by atoms with Gasteiger partial charge in [-0.25, -0.2) is 0 Å². The van der Waals surface area contributed by atoms with E-state index in [2.05, 4.69) is 16.7 Å². The average molecular weight is 250 g/mol. The van der Waals surface area contributed by atoms with Crippen LogP contribution in [0.2, 0.25) is 0 Å². The Morgan fingerprint density at radius 1 is 1.06 bits per heavy atom. The summed E-state index contributed by atoms with van der Waals surface area (Å²) in [6, 6.07) is 1.74. The number of piperazine rings is 1. The molecule has 0 bridgehead atoms. The van der Waals surface area contributed by atoms with Crippen molar-refractivity contribution in [3.63, 3.8) is 0 Å². The summed E-state index contributed by atoms with van der Waals surface area (Å²) in [5.74, 6) is 1.11. The third-order valence-corrected chi connectivity index (χ3v) is 5.38. The number of hydrogen-bond donors (Lipinski definition) is 0. The van der Waals surface area contributed by atoms with E-state index >= 15 is 0 Å². The molecule has 0 aromatic carbocycles. The zero-order valence-electron chi connectivity index (χ0n) is 12.1. The Hall–Kier alpha value is -0.0800. The fourth-order valence-electron chi connectivity index (χ4n) is 3.96. The minimum atomic E-state index is 0.846.